The van der Waals surface area contributed by atoms with Crippen LogP contribution in [0.3, 0.4) is 0 Å². The van der Waals surface area contributed by atoms with Crippen LogP contribution >= 0.6 is 11.6 Å². The molecule has 1 fully saturated rings. The van der Waals surface area contributed by atoms with Gasteiger partial charge >= 0.3 is 0 Å². The highest BCUT2D eigenvalue weighted by Crippen LogP contribution is 2.33. The Hall–Kier alpha value is -1.88. The number of fused-ring (bicyclic) bond motifs is 1. The number of hydrogen-bond donors (Lipinski definition) is 2. The summed E-state index contributed by atoms with van der Waals surface area (Å²) in [5, 5.41) is 15.1. The summed E-state index contributed by atoms with van der Waals surface area (Å²) >= 11 is 5.97. The molecule has 2 N–H and O–H groups in total. The quantitative estimate of drug-likeness (QED) is 0.732. The van der Waals surface area contributed by atoms with E-state index in [9.17, 15) is 5.11 Å². The minimum Gasteiger partial charge on any atom is -0.385 e. The van der Waals surface area contributed by atoms with Crippen molar-refractivity contribution in [2.45, 2.75) is 37.7 Å². The third-order valence-electron chi connectivity index (χ3n) is 5.93. The Labute approximate surface area is 172 Å². The van der Waals surface area contributed by atoms with Gasteiger partial charge in [0.25, 0.3) is 0 Å². The van der Waals surface area contributed by atoms with E-state index in [0.29, 0.717) is 5.02 Å². The standard InChI is InChI=1S/C23H28ClN3O/c24-20-9-7-19(8-10-20)23(28)12-16-27(17-13-23)15-3-14-25-22-11-6-18-4-1-2-5-21(18)26-22/h1-2,4-5,7-10,28H,3,6,11-17H2,(H,25,26). The first kappa shape index (κ1) is 19.4. The van der Waals surface area contributed by atoms with E-state index in [1.807, 2.05) is 24.3 Å². The van der Waals surface area contributed by atoms with Crippen LogP contribution < -0.4 is 5.32 Å². The van der Waals surface area contributed by atoms with Crippen molar-refractivity contribution in [1.29, 1.82) is 0 Å². The van der Waals surface area contributed by atoms with E-state index < -0.39 is 5.60 Å². The molecule has 0 atom stereocenters. The number of benzene rings is 2. The molecule has 2 heterocycles. The second kappa shape index (κ2) is 8.64. The van der Waals surface area contributed by atoms with Crippen molar-refractivity contribution in [3.63, 3.8) is 0 Å². The summed E-state index contributed by atoms with van der Waals surface area (Å²) in [5.41, 5.74) is 2.83. The molecule has 0 bridgehead atoms. The highest BCUT2D eigenvalue weighted by atomic mass is 35.5. The lowest BCUT2D eigenvalue weighted by Crippen LogP contribution is -2.43. The molecular weight excluding hydrogens is 370 g/mol. The van der Waals surface area contributed by atoms with Crippen LogP contribution in [0.1, 0.15) is 36.8 Å². The number of para-hydroxylation sites is 1. The number of piperidine rings is 1. The fourth-order valence-electron chi connectivity index (χ4n) is 4.15. The molecule has 148 valence electrons. The van der Waals surface area contributed by atoms with Crippen molar-refractivity contribution in [3.05, 3.63) is 64.7 Å². The van der Waals surface area contributed by atoms with E-state index in [0.717, 1.165) is 69.7 Å². The number of nitrogens with one attached hydrogen (secondary N) is 1. The van der Waals surface area contributed by atoms with Gasteiger partial charge in [0.2, 0.25) is 0 Å². The molecule has 2 aliphatic rings. The average Bonchev–Trinajstić information content (AvgIpc) is 2.73. The molecule has 2 aromatic rings. The van der Waals surface area contributed by atoms with Crippen LogP contribution in [0.2, 0.25) is 5.02 Å². The molecule has 4 nitrogen and oxygen atoms in total. The fourth-order valence-corrected chi connectivity index (χ4v) is 4.28. The van der Waals surface area contributed by atoms with Gasteiger partial charge in [-0.15, -0.1) is 0 Å². The van der Waals surface area contributed by atoms with Crippen LogP contribution in [0.5, 0.6) is 0 Å². The number of hydrogen-bond acceptors (Lipinski definition) is 3. The molecule has 4 rings (SSSR count). The number of aryl methyl sites for hydroxylation is 1. The summed E-state index contributed by atoms with van der Waals surface area (Å²) in [6.07, 6.45) is 4.64. The number of aliphatic hydroxyl groups is 1. The summed E-state index contributed by atoms with van der Waals surface area (Å²) in [6.45, 7) is 3.72. The van der Waals surface area contributed by atoms with Crippen LogP contribution in [-0.2, 0) is 12.0 Å². The highest BCUT2D eigenvalue weighted by molar-refractivity contribution is 6.30. The number of anilines is 1. The zero-order valence-electron chi connectivity index (χ0n) is 16.2. The van der Waals surface area contributed by atoms with E-state index in [1.165, 1.54) is 11.3 Å². The first-order valence-corrected chi connectivity index (χ1v) is 10.6. The van der Waals surface area contributed by atoms with Gasteiger partial charge in [0.15, 0.2) is 0 Å². The van der Waals surface area contributed by atoms with Crippen LogP contribution in [0.4, 0.5) is 5.69 Å². The molecule has 0 saturated carbocycles. The number of amidine groups is 1. The van der Waals surface area contributed by atoms with Gasteiger partial charge in [-0.05, 0) is 61.6 Å². The number of likely N-dealkylation sites (tertiary alicyclic amines) is 1. The Bertz CT molecular complexity index is 826. The highest BCUT2D eigenvalue weighted by Gasteiger charge is 2.33. The van der Waals surface area contributed by atoms with E-state index in [1.54, 1.807) is 0 Å². The van der Waals surface area contributed by atoms with Crippen molar-refractivity contribution in [1.82, 2.24) is 4.90 Å². The van der Waals surface area contributed by atoms with E-state index in [4.69, 9.17) is 16.6 Å². The van der Waals surface area contributed by atoms with Gasteiger partial charge in [-0.2, -0.15) is 0 Å². The smallest absolute Gasteiger partial charge is 0.101 e. The van der Waals surface area contributed by atoms with E-state index in [2.05, 4.69) is 34.5 Å². The Kier molecular flexibility index (Phi) is 6.00. The lowest BCUT2D eigenvalue weighted by molar-refractivity contribution is -0.0258. The minimum absolute atomic E-state index is 0.711. The second-order valence-electron chi connectivity index (χ2n) is 7.84. The molecule has 0 amide bonds. The maximum Gasteiger partial charge on any atom is 0.101 e. The largest absolute Gasteiger partial charge is 0.385 e. The molecule has 0 aromatic heterocycles. The Morgan fingerprint density at radius 1 is 1.04 bits per heavy atom. The molecule has 1 saturated heterocycles. The third kappa shape index (κ3) is 4.57. The van der Waals surface area contributed by atoms with Crippen molar-refractivity contribution >= 4 is 23.1 Å². The fraction of sp³-hybridized carbons (Fsp3) is 0.435. The second-order valence-corrected chi connectivity index (χ2v) is 8.28. The van der Waals surface area contributed by atoms with Crippen LogP contribution in [-0.4, -0.2) is 42.0 Å². The summed E-state index contributed by atoms with van der Waals surface area (Å²) in [6, 6.07) is 16.1. The van der Waals surface area contributed by atoms with Gasteiger partial charge in [0.05, 0.1) is 5.60 Å². The van der Waals surface area contributed by atoms with Crippen LogP contribution in [0.25, 0.3) is 0 Å². The van der Waals surface area contributed by atoms with E-state index >= 15 is 0 Å². The monoisotopic (exact) mass is 397 g/mol. The summed E-state index contributed by atoms with van der Waals surface area (Å²) in [7, 11) is 0. The number of nitrogens with zero attached hydrogens (tertiary/aromatic N) is 2. The topological polar surface area (TPSA) is 47.9 Å². The zero-order chi connectivity index (χ0) is 19.4. The number of halogens is 1. The Balaban J connectivity index is 1.21. The summed E-state index contributed by atoms with van der Waals surface area (Å²) < 4.78 is 0. The molecule has 28 heavy (non-hydrogen) atoms. The SMILES string of the molecule is OC1(c2ccc(Cl)cc2)CCN(CCCN=C2CCc3ccccc3N2)CC1. The van der Waals surface area contributed by atoms with Gasteiger partial charge in [-0.1, -0.05) is 41.9 Å². The summed E-state index contributed by atoms with van der Waals surface area (Å²) in [5.74, 6) is 1.11. The molecule has 0 aliphatic carbocycles. The van der Waals surface area contributed by atoms with E-state index in [-0.39, 0.29) is 0 Å². The molecule has 0 radical (unpaired) electrons. The first-order valence-electron chi connectivity index (χ1n) is 10.2. The predicted molar refractivity (Wildman–Crippen MR) is 116 cm³/mol. The number of rotatable bonds is 5. The average molecular weight is 398 g/mol. The lowest BCUT2D eigenvalue weighted by Gasteiger charge is -2.38. The van der Waals surface area contributed by atoms with Gasteiger partial charge in [0.1, 0.15) is 5.84 Å². The summed E-state index contributed by atoms with van der Waals surface area (Å²) in [4.78, 5) is 7.21. The first-order chi connectivity index (χ1) is 13.6. The Morgan fingerprint density at radius 3 is 2.57 bits per heavy atom. The molecular formula is C23H28ClN3O. The number of aliphatic imine (C=N–C) groups is 1. The van der Waals surface area contributed by atoms with Crippen molar-refractivity contribution < 1.29 is 5.11 Å². The van der Waals surface area contributed by atoms with Crippen molar-refractivity contribution in [2.75, 3.05) is 31.5 Å². The van der Waals surface area contributed by atoms with Crippen molar-refractivity contribution in [2.24, 2.45) is 4.99 Å². The maximum absolute atomic E-state index is 11.0. The molecule has 5 heteroatoms. The van der Waals surface area contributed by atoms with Gasteiger partial charge < -0.3 is 15.3 Å². The maximum atomic E-state index is 11.0. The van der Waals surface area contributed by atoms with Crippen molar-refractivity contribution in [3.8, 4) is 0 Å². The van der Waals surface area contributed by atoms with Gasteiger partial charge in [-0.3, -0.25) is 4.99 Å². The van der Waals surface area contributed by atoms with Gasteiger partial charge in [0, 0.05) is 36.8 Å². The normalized spacial score (nSPS) is 20.6. The molecule has 0 unspecified atom stereocenters. The molecule has 0 spiro atoms. The Morgan fingerprint density at radius 2 is 1.79 bits per heavy atom. The van der Waals surface area contributed by atoms with Crippen LogP contribution in [0, 0.1) is 0 Å². The lowest BCUT2D eigenvalue weighted by atomic mass is 9.84. The molecule has 2 aliphatic heterocycles. The van der Waals surface area contributed by atoms with Gasteiger partial charge in [-0.25, -0.2) is 0 Å². The molecule has 2 aromatic carbocycles. The zero-order valence-corrected chi connectivity index (χ0v) is 17.0. The minimum atomic E-state index is -0.722. The third-order valence-corrected chi connectivity index (χ3v) is 6.18. The van der Waals surface area contributed by atoms with Crippen LogP contribution in [0.15, 0.2) is 53.5 Å². The predicted octanol–water partition coefficient (Wildman–Crippen LogP) is 4.47.